The number of aryl methyl sites for hydroxylation is 1. The number of carbonyl (C=O) groups is 1. The van der Waals surface area contributed by atoms with Crippen LogP contribution < -0.4 is 0 Å². The molecule has 0 bridgehead atoms. The van der Waals surface area contributed by atoms with Crippen molar-refractivity contribution in [2.75, 3.05) is 6.54 Å². The summed E-state index contributed by atoms with van der Waals surface area (Å²) in [5.41, 5.74) is 0.214. The molecule has 24 heavy (non-hydrogen) atoms. The van der Waals surface area contributed by atoms with Gasteiger partial charge in [0.25, 0.3) is 5.91 Å². The Kier molecular flexibility index (Phi) is 4.13. The van der Waals surface area contributed by atoms with E-state index in [1.54, 1.807) is 13.0 Å². The molecule has 1 aliphatic heterocycles. The lowest BCUT2D eigenvalue weighted by molar-refractivity contribution is -0.137. The van der Waals surface area contributed by atoms with Crippen molar-refractivity contribution in [2.45, 2.75) is 31.7 Å². The normalized spacial score (nSPS) is 21.3. The lowest BCUT2D eigenvalue weighted by atomic mass is 10.0. The molecule has 0 radical (unpaired) electrons. The van der Waals surface area contributed by atoms with Crippen LogP contribution >= 0.6 is 0 Å². The van der Waals surface area contributed by atoms with Crippen molar-refractivity contribution in [3.63, 3.8) is 0 Å². The third kappa shape index (κ3) is 3.03. The summed E-state index contributed by atoms with van der Waals surface area (Å²) >= 11 is 0. The summed E-state index contributed by atoms with van der Waals surface area (Å²) in [5, 5.41) is 9.93. The predicted octanol–water partition coefficient (Wildman–Crippen LogP) is 3.55. The van der Waals surface area contributed by atoms with Crippen molar-refractivity contribution in [2.24, 2.45) is 0 Å². The second-order valence-corrected chi connectivity index (χ2v) is 5.92. The van der Waals surface area contributed by atoms with Gasteiger partial charge in [-0.25, -0.2) is 0 Å². The van der Waals surface area contributed by atoms with E-state index >= 15 is 0 Å². The SMILES string of the molecule is Cc1ccoc1C(=O)N1C[C@@H](O)C[C@@H]1c1cccc(C(F)(F)F)c1. The number of amides is 1. The highest BCUT2D eigenvalue weighted by Gasteiger charge is 2.38. The smallest absolute Gasteiger partial charge is 0.416 e. The number of alkyl halides is 3. The molecule has 1 N–H and O–H groups in total. The summed E-state index contributed by atoms with van der Waals surface area (Å²) in [7, 11) is 0. The highest BCUT2D eigenvalue weighted by molar-refractivity contribution is 5.93. The second kappa shape index (κ2) is 5.98. The summed E-state index contributed by atoms with van der Waals surface area (Å²) in [6, 6.07) is 5.87. The number of β-amino-alcohol motifs (C(OH)–C–C–N with tert-alkyl or cyclic N) is 1. The molecule has 1 aromatic heterocycles. The molecule has 128 valence electrons. The minimum atomic E-state index is -4.46. The monoisotopic (exact) mass is 339 g/mol. The molecule has 7 heteroatoms. The fourth-order valence-corrected chi connectivity index (χ4v) is 3.00. The Balaban J connectivity index is 1.94. The molecule has 2 aromatic rings. The molecule has 0 unspecified atom stereocenters. The van der Waals surface area contributed by atoms with Crippen LogP contribution in [0.5, 0.6) is 0 Å². The molecule has 0 saturated carbocycles. The first-order valence-electron chi connectivity index (χ1n) is 7.47. The van der Waals surface area contributed by atoms with E-state index < -0.39 is 29.8 Å². The Morgan fingerprint density at radius 3 is 2.71 bits per heavy atom. The minimum Gasteiger partial charge on any atom is -0.459 e. The Labute approximate surface area is 136 Å². The summed E-state index contributed by atoms with van der Waals surface area (Å²) < 4.78 is 43.9. The van der Waals surface area contributed by atoms with E-state index in [0.717, 1.165) is 12.1 Å². The molecular formula is C17H16F3NO3. The first kappa shape index (κ1) is 16.6. The van der Waals surface area contributed by atoms with Gasteiger partial charge in [-0.2, -0.15) is 13.2 Å². The number of aliphatic hydroxyl groups excluding tert-OH is 1. The number of nitrogens with zero attached hydrogens (tertiary/aromatic N) is 1. The van der Waals surface area contributed by atoms with E-state index in [1.165, 1.54) is 23.3 Å². The van der Waals surface area contributed by atoms with Gasteiger partial charge in [0.15, 0.2) is 5.76 Å². The summed E-state index contributed by atoms with van der Waals surface area (Å²) in [6.07, 6.45) is -3.68. The van der Waals surface area contributed by atoms with Crippen LogP contribution in [0.2, 0.25) is 0 Å². The summed E-state index contributed by atoms with van der Waals surface area (Å²) in [6.45, 7) is 1.77. The van der Waals surface area contributed by atoms with Gasteiger partial charge in [-0.15, -0.1) is 0 Å². The standard InChI is InChI=1S/C17H16F3NO3/c1-10-5-6-24-15(10)16(23)21-9-13(22)8-14(21)11-3-2-4-12(7-11)17(18,19)20/h2-7,13-14,22H,8-9H2,1H3/t13-,14+/m0/s1. The van der Waals surface area contributed by atoms with Crippen LogP contribution in [-0.2, 0) is 6.18 Å². The van der Waals surface area contributed by atoms with E-state index in [0.29, 0.717) is 11.1 Å². The minimum absolute atomic E-state index is 0.0554. The van der Waals surface area contributed by atoms with Crippen LogP contribution in [0.15, 0.2) is 41.0 Å². The first-order chi connectivity index (χ1) is 11.3. The number of benzene rings is 1. The lowest BCUT2D eigenvalue weighted by Gasteiger charge is -2.24. The van der Waals surface area contributed by atoms with Crippen molar-refractivity contribution in [3.05, 3.63) is 59.0 Å². The average Bonchev–Trinajstić information content (AvgIpc) is 3.12. The van der Waals surface area contributed by atoms with Crippen molar-refractivity contribution in [1.82, 2.24) is 4.90 Å². The van der Waals surface area contributed by atoms with Crippen LogP contribution in [0.1, 0.15) is 39.7 Å². The summed E-state index contributed by atoms with van der Waals surface area (Å²) in [4.78, 5) is 14.0. The van der Waals surface area contributed by atoms with E-state index in [4.69, 9.17) is 4.42 Å². The zero-order valence-corrected chi connectivity index (χ0v) is 12.9. The molecule has 2 heterocycles. The molecule has 1 fully saturated rings. The predicted molar refractivity (Wildman–Crippen MR) is 79.3 cm³/mol. The van der Waals surface area contributed by atoms with Gasteiger partial charge < -0.3 is 14.4 Å². The van der Waals surface area contributed by atoms with Gasteiger partial charge in [-0.05, 0) is 37.1 Å². The number of aliphatic hydroxyl groups is 1. The average molecular weight is 339 g/mol. The Bertz CT molecular complexity index is 754. The fraction of sp³-hybridized carbons (Fsp3) is 0.353. The molecule has 1 aromatic carbocycles. The molecular weight excluding hydrogens is 323 g/mol. The largest absolute Gasteiger partial charge is 0.459 e. The second-order valence-electron chi connectivity index (χ2n) is 5.92. The zero-order valence-electron chi connectivity index (χ0n) is 12.9. The number of likely N-dealkylation sites (tertiary alicyclic amines) is 1. The van der Waals surface area contributed by atoms with Crippen molar-refractivity contribution >= 4 is 5.91 Å². The highest BCUT2D eigenvalue weighted by Crippen LogP contribution is 2.37. The van der Waals surface area contributed by atoms with Crippen LogP contribution in [0.4, 0.5) is 13.2 Å². The number of hydrogen-bond acceptors (Lipinski definition) is 3. The van der Waals surface area contributed by atoms with E-state index in [2.05, 4.69) is 0 Å². The third-order valence-electron chi connectivity index (χ3n) is 4.19. The van der Waals surface area contributed by atoms with Crippen LogP contribution in [0.25, 0.3) is 0 Å². The number of halogens is 3. The Hall–Kier alpha value is -2.28. The maximum Gasteiger partial charge on any atom is 0.416 e. The van der Waals surface area contributed by atoms with Gasteiger partial charge in [-0.3, -0.25) is 4.79 Å². The molecule has 0 aliphatic carbocycles. The zero-order chi connectivity index (χ0) is 17.5. The number of furan rings is 1. The van der Waals surface area contributed by atoms with Gasteiger partial charge in [0.05, 0.1) is 24.0 Å². The van der Waals surface area contributed by atoms with Gasteiger partial charge in [0.2, 0.25) is 0 Å². The van der Waals surface area contributed by atoms with Crippen LogP contribution in [-0.4, -0.2) is 28.6 Å². The van der Waals surface area contributed by atoms with Gasteiger partial charge in [0, 0.05) is 12.1 Å². The van der Waals surface area contributed by atoms with E-state index in [9.17, 15) is 23.1 Å². The van der Waals surface area contributed by atoms with Gasteiger partial charge >= 0.3 is 6.18 Å². The molecule has 3 rings (SSSR count). The van der Waals surface area contributed by atoms with Gasteiger partial charge in [-0.1, -0.05) is 12.1 Å². The fourth-order valence-electron chi connectivity index (χ4n) is 3.00. The van der Waals surface area contributed by atoms with Crippen LogP contribution in [0.3, 0.4) is 0 Å². The lowest BCUT2D eigenvalue weighted by Crippen LogP contribution is -2.32. The molecule has 0 spiro atoms. The molecule has 4 nitrogen and oxygen atoms in total. The molecule has 1 saturated heterocycles. The quantitative estimate of drug-likeness (QED) is 0.910. The van der Waals surface area contributed by atoms with Crippen molar-refractivity contribution in [3.8, 4) is 0 Å². The maximum atomic E-state index is 12.9. The number of hydrogen-bond donors (Lipinski definition) is 1. The Morgan fingerprint density at radius 1 is 1.33 bits per heavy atom. The van der Waals surface area contributed by atoms with Crippen molar-refractivity contribution in [1.29, 1.82) is 0 Å². The summed E-state index contributed by atoms with van der Waals surface area (Å²) in [5.74, 6) is -0.294. The topological polar surface area (TPSA) is 53.7 Å². The third-order valence-corrected chi connectivity index (χ3v) is 4.19. The molecule has 2 atom stereocenters. The number of carbonyl (C=O) groups excluding carboxylic acids is 1. The first-order valence-corrected chi connectivity index (χ1v) is 7.47. The van der Waals surface area contributed by atoms with Crippen LogP contribution in [0, 0.1) is 6.92 Å². The highest BCUT2D eigenvalue weighted by atomic mass is 19.4. The van der Waals surface area contributed by atoms with Gasteiger partial charge in [0.1, 0.15) is 0 Å². The number of rotatable bonds is 2. The Morgan fingerprint density at radius 2 is 2.08 bits per heavy atom. The molecule has 1 aliphatic rings. The van der Waals surface area contributed by atoms with Crippen molar-refractivity contribution < 1.29 is 27.5 Å². The van der Waals surface area contributed by atoms with E-state index in [1.807, 2.05) is 0 Å². The maximum absolute atomic E-state index is 12.9. The molecule has 1 amide bonds. The van der Waals surface area contributed by atoms with E-state index in [-0.39, 0.29) is 18.7 Å².